The molecule has 0 fully saturated rings. The molecule has 0 saturated heterocycles. The third kappa shape index (κ3) is 5.33. The van der Waals surface area contributed by atoms with E-state index in [4.69, 9.17) is 16.0 Å². The molecule has 0 aliphatic heterocycles. The summed E-state index contributed by atoms with van der Waals surface area (Å²) in [5.41, 5.74) is 0. The number of aryl methyl sites for hydroxylation is 1. The predicted molar refractivity (Wildman–Crippen MR) is 64.7 cm³/mol. The average Bonchev–Trinajstić information content (AvgIpc) is 2.66. The van der Waals surface area contributed by atoms with Crippen LogP contribution >= 0.6 is 11.6 Å². The summed E-state index contributed by atoms with van der Waals surface area (Å²) in [6, 6.07) is 0.205. The van der Waals surface area contributed by atoms with Gasteiger partial charge in [-0.1, -0.05) is 12.0 Å². The quantitative estimate of drug-likeness (QED) is 0.661. The van der Waals surface area contributed by atoms with Crippen LogP contribution in [0.15, 0.2) is 4.42 Å². The number of sulfonamides is 1. The molecule has 0 radical (unpaired) electrons. The van der Waals surface area contributed by atoms with Crippen molar-refractivity contribution in [1.29, 1.82) is 0 Å². The molecule has 0 unspecified atom stereocenters. The van der Waals surface area contributed by atoms with Gasteiger partial charge in [0.1, 0.15) is 0 Å². The molecule has 0 amide bonds. The minimum atomic E-state index is -3.23. The van der Waals surface area contributed by atoms with Gasteiger partial charge >= 0.3 is 6.01 Å². The fraction of sp³-hybridized carbons (Fsp3) is 0.750. The normalized spacial score (nSPS) is 11.6. The summed E-state index contributed by atoms with van der Waals surface area (Å²) in [6.07, 6.45) is 0.492. The van der Waals surface area contributed by atoms with E-state index >= 15 is 0 Å². The highest BCUT2D eigenvalue weighted by molar-refractivity contribution is 7.89. The zero-order valence-corrected chi connectivity index (χ0v) is 11.0. The molecule has 1 aromatic rings. The van der Waals surface area contributed by atoms with Gasteiger partial charge in [-0.15, -0.1) is 16.7 Å². The van der Waals surface area contributed by atoms with Crippen molar-refractivity contribution in [1.82, 2.24) is 14.9 Å². The number of rotatable bonds is 8. The van der Waals surface area contributed by atoms with Gasteiger partial charge in [0.05, 0.1) is 5.75 Å². The first-order valence-corrected chi connectivity index (χ1v) is 7.35. The monoisotopic (exact) mass is 282 g/mol. The number of aromatic nitrogens is 2. The van der Waals surface area contributed by atoms with Crippen LogP contribution in [0.1, 0.15) is 12.8 Å². The van der Waals surface area contributed by atoms with Gasteiger partial charge in [0.25, 0.3) is 0 Å². The molecular formula is C8H15ClN4O3S. The lowest BCUT2D eigenvalue weighted by Crippen LogP contribution is -2.29. The van der Waals surface area contributed by atoms with Crippen molar-refractivity contribution in [3.63, 3.8) is 0 Å². The number of alkyl halides is 1. The molecule has 0 bridgehead atoms. The molecule has 0 aromatic carbocycles. The molecule has 9 heteroatoms. The molecule has 2 N–H and O–H groups in total. The van der Waals surface area contributed by atoms with E-state index in [1.54, 1.807) is 6.92 Å². The van der Waals surface area contributed by atoms with E-state index in [2.05, 4.69) is 20.2 Å². The van der Waals surface area contributed by atoms with Crippen LogP contribution in [0.5, 0.6) is 0 Å². The minimum Gasteiger partial charge on any atom is -0.408 e. The summed E-state index contributed by atoms with van der Waals surface area (Å²) in [6.45, 7) is 2.31. The Kier molecular flexibility index (Phi) is 5.66. The van der Waals surface area contributed by atoms with Gasteiger partial charge in [-0.3, -0.25) is 0 Å². The van der Waals surface area contributed by atoms with E-state index in [1.807, 2.05) is 0 Å². The van der Waals surface area contributed by atoms with Crippen molar-refractivity contribution in [2.75, 3.05) is 30.0 Å². The summed E-state index contributed by atoms with van der Waals surface area (Å²) < 4.78 is 30.1. The maximum absolute atomic E-state index is 11.3. The third-order valence-electron chi connectivity index (χ3n) is 1.79. The third-order valence-corrected chi connectivity index (χ3v) is 3.45. The number of halogens is 1. The van der Waals surface area contributed by atoms with Crippen LogP contribution in [0.25, 0.3) is 0 Å². The molecule has 7 nitrogen and oxygen atoms in total. The van der Waals surface area contributed by atoms with Gasteiger partial charge < -0.3 is 9.73 Å². The fourth-order valence-corrected chi connectivity index (χ4v) is 2.21. The maximum Gasteiger partial charge on any atom is 0.315 e. The molecule has 0 saturated carbocycles. The maximum atomic E-state index is 11.3. The fourth-order valence-electron chi connectivity index (χ4n) is 1.09. The van der Waals surface area contributed by atoms with E-state index in [1.165, 1.54) is 0 Å². The van der Waals surface area contributed by atoms with E-state index in [9.17, 15) is 8.42 Å². The van der Waals surface area contributed by atoms with Crippen LogP contribution in [0.2, 0.25) is 0 Å². The number of hydrogen-bond donors (Lipinski definition) is 2. The average molecular weight is 283 g/mol. The number of nitrogens with one attached hydrogen (secondary N) is 2. The van der Waals surface area contributed by atoms with E-state index in [0.717, 1.165) is 0 Å². The first kappa shape index (κ1) is 14.2. The van der Waals surface area contributed by atoms with Gasteiger partial charge in [-0.25, -0.2) is 13.1 Å². The highest BCUT2D eigenvalue weighted by Gasteiger charge is 2.09. The smallest absolute Gasteiger partial charge is 0.315 e. The van der Waals surface area contributed by atoms with E-state index in [-0.39, 0.29) is 18.3 Å². The van der Waals surface area contributed by atoms with Crippen LogP contribution in [-0.2, 0) is 16.4 Å². The first-order chi connectivity index (χ1) is 8.07. The van der Waals surface area contributed by atoms with Gasteiger partial charge in [0, 0.05) is 25.4 Å². The lowest BCUT2D eigenvalue weighted by molar-refractivity contribution is 0.513. The molecule has 0 atom stereocenters. The van der Waals surface area contributed by atoms with Crippen molar-refractivity contribution in [3.05, 3.63) is 5.89 Å². The van der Waals surface area contributed by atoms with Crippen molar-refractivity contribution in [2.45, 2.75) is 13.3 Å². The SMILES string of the molecule is CCNS(=O)(=O)CCNc1nnc(CCCl)o1. The lowest BCUT2D eigenvalue weighted by atomic mass is 10.5. The Morgan fingerprint density at radius 3 is 2.82 bits per heavy atom. The van der Waals surface area contributed by atoms with Crippen molar-refractivity contribution >= 4 is 27.6 Å². The van der Waals surface area contributed by atoms with Crippen LogP contribution in [0.3, 0.4) is 0 Å². The Labute approximate surface area is 105 Å². The molecule has 98 valence electrons. The molecule has 1 rings (SSSR count). The van der Waals surface area contributed by atoms with Crippen molar-refractivity contribution in [3.8, 4) is 0 Å². The zero-order valence-electron chi connectivity index (χ0n) is 9.44. The van der Waals surface area contributed by atoms with Gasteiger partial charge in [0.15, 0.2) is 0 Å². The van der Waals surface area contributed by atoms with Crippen molar-refractivity contribution in [2.24, 2.45) is 0 Å². The number of anilines is 1. The molecule has 1 aromatic heterocycles. The minimum absolute atomic E-state index is 0.0476. The van der Waals surface area contributed by atoms with Crippen molar-refractivity contribution < 1.29 is 12.8 Å². The Morgan fingerprint density at radius 1 is 1.41 bits per heavy atom. The van der Waals surface area contributed by atoms with Crippen LogP contribution in [0, 0.1) is 0 Å². The van der Waals surface area contributed by atoms with Crippen LogP contribution in [-0.4, -0.2) is 43.3 Å². The topological polar surface area (TPSA) is 97.1 Å². The summed E-state index contributed by atoms with van der Waals surface area (Å²) in [7, 11) is -3.23. The summed E-state index contributed by atoms with van der Waals surface area (Å²) in [4.78, 5) is 0. The lowest BCUT2D eigenvalue weighted by Gasteiger charge is -2.03. The molecule has 1 heterocycles. The highest BCUT2D eigenvalue weighted by Crippen LogP contribution is 2.06. The molecule has 17 heavy (non-hydrogen) atoms. The second kappa shape index (κ2) is 6.77. The van der Waals surface area contributed by atoms with E-state index in [0.29, 0.717) is 24.7 Å². The second-order valence-electron chi connectivity index (χ2n) is 3.18. The second-order valence-corrected chi connectivity index (χ2v) is 5.49. The Morgan fingerprint density at radius 2 is 2.18 bits per heavy atom. The first-order valence-electron chi connectivity index (χ1n) is 5.17. The summed E-state index contributed by atoms with van der Waals surface area (Å²) >= 11 is 5.51. The van der Waals surface area contributed by atoms with Crippen LogP contribution < -0.4 is 10.0 Å². The standard InChI is InChI=1S/C8H15ClN4O3S/c1-2-11-17(14,15)6-5-10-8-13-12-7(16-8)3-4-9/h11H,2-6H2,1H3,(H,10,13). The van der Waals surface area contributed by atoms with Gasteiger partial charge in [-0.05, 0) is 0 Å². The summed E-state index contributed by atoms with van der Waals surface area (Å²) in [5, 5.41) is 10.2. The molecule has 0 aliphatic rings. The highest BCUT2D eigenvalue weighted by atomic mass is 35.5. The number of hydrogen-bond acceptors (Lipinski definition) is 6. The van der Waals surface area contributed by atoms with E-state index < -0.39 is 10.0 Å². The van der Waals surface area contributed by atoms with Gasteiger partial charge in [-0.2, -0.15) is 0 Å². The Balaban J connectivity index is 2.35. The Bertz CT molecular complexity index is 434. The number of nitrogens with zero attached hydrogens (tertiary/aromatic N) is 2. The largest absolute Gasteiger partial charge is 0.408 e. The predicted octanol–water partition coefficient (Wildman–Crippen LogP) is 0.202. The van der Waals surface area contributed by atoms with Crippen LogP contribution in [0.4, 0.5) is 6.01 Å². The molecular weight excluding hydrogens is 268 g/mol. The zero-order chi connectivity index (χ0) is 12.7. The molecule has 0 aliphatic carbocycles. The van der Waals surface area contributed by atoms with Gasteiger partial charge in [0.2, 0.25) is 15.9 Å². The summed E-state index contributed by atoms with van der Waals surface area (Å²) in [5.74, 6) is 0.779. The Hall–Kier alpha value is -0.860. The molecule has 0 spiro atoms.